The fourth-order valence-electron chi connectivity index (χ4n) is 6.98. The van der Waals surface area contributed by atoms with Crippen molar-refractivity contribution in [2.24, 2.45) is 11.8 Å². The number of rotatable bonds is 4. The van der Waals surface area contributed by atoms with Gasteiger partial charge in [-0.25, -0.2) is 0 Å². The smallest absolute Gasteiger partial charge is 0 e. The molecule has 0 amide bonds. The number of unbranched alkanes of at least 4 members (excludes halogenated alkanes) is 1. The lowest BCUT2D eigenvalue weighted by molar-refractivity contribution is 0.379. The fourth-order valence-corrected chi connectivity index (χ4v) is 6.98. The minimum absolute atomic E-state index is 0.923. The lowest BCUT2D eigenvalue weighted by Gasteiger charge is -2.28. The highest BCUT2D eigenvalue weighted by Gasteiger charge is 2.22. The van der Waals surface area contributed by atoms with Gasteiger partial charge in [0.1, 0.15) is 0 Å². The van der Waals surface area contributed by atoms with Crippen molar-refractivity contribution >= 4 is 10.8 Å². The van der Waals surface area contributed by atoms with E-state index in [2.05, 4.69) is 418 Å². The standard InChI is InChI=1S/C60H6.C14H12.C10H18.C5H6/c1-3-5-7-9-11-13-15-17-19-21-23-25-27-29-31-33-35-37-39-41-43-45-47-49-51-53-55-57-59-60-58-56-54-52-50-48-46-44-42-40-38-36-34-32-30-28-26-24-22-20-18-16-14-12-10-8-6-4-2;1-2-10-7-8-12-4-3-11-6-5-9(1)13(10)14(11)12;1-3-5-6-10-8-7-9(10)4-2;1-2-4-5-3-1/h1-2H3;5-8H,1-4H2;7-10H,3-6H2,1-2H3;1-4H,5H2. The summed E-state index contributed by atoms with van der Waals surface area (Å²) in [7, 11) is 0. The van der Waals surface area contributed by atoms with E-state index >= 15 is 0 Å². The van der Waals surface area contributed by atoms with Gasteiger partial charge in [0.25, 0.3) is 0 Å². The molecule has 2 unspecified atom stereocenters. The summed E-state index contributed by atoms with van der Waals surface area (Å²) in [6, 6.07) is 9.40. The molecule has 89 heavy (non-hydrogen) atoms. The van der Waals surface area contributed by atoms with Crippen molar-refractivity contribution in [3.8, 4) is 343 Å². The van der Waals surface area contributed by atoms with Crippen LogP contribution in [0.2, 0.25) is 0 Å². The van der Waals surface area contributed by atoms with E-state index in [-0.39, 0.29) is 0 Å². The summed E-state index contributed by atoms with van der Waals surface area (Å²) in [5.74, 6) is 147. The topological polar surface area (TPSA) is 0 Å². The zero-order chi connectivity index (χ0) is 63.1. The number of benzene rings is 2. The van der Waals surface area contributed by atoms with Gasteiger partial charge in [-0.3, -0.25) is 0 Å². The van der Waals surface area contributed by atoms with Gasteiger partial charge in [-0.2, -0.15) is 0 Å². The predicted molar refractivity (Wildman–Crippen MR) is 364 cm³/mol. The molecule has 2 aromatic rings. The molecule has 6 rings (SSSR count). The molecular formula is C89H42. The van der Waals surface area contributed by atoms with Gasteiger partial charge in [-0.05, 0) is 198 Å². The van der Waals surface area contributed by atoms with Crippen LogP contribution in [0, 0.1) is 355 Å². The summed E-state index contributed by atoms with van der Waals surface area (Å²) in [6.07, 6.45) is 24.8. The van der Waals surface area contributed by atoms with E-state index in [0.717, 1.165) is 18.3 Å². The third kappa shape index (κ3) is 35.5. The monoisotopic (exact) mass is 1110 g/mol. The van der Waals surface area contributed by atoms with Crippen LogP contribution in [0.3, 0.4) is 0 Å². The van der Waals surface area contributed by atoms with Gasteiger partial charge in [-0.15, -0.1) is 0 Å². The second-order valence-electron chi connectivity index (χ2n) is 16.4. The highest BCUT2D eigenvalue weighted by atomic mass is 14.3. The summed E-state index contributed by atoms with van der Waals surface area (Å²) >= 11 is 0. The average Bonchev–Trinajstić information content (AvgIpc) is 1.70. The fraction of sp³-hybridized carbons (Fsp3) is 0.169. The summed E-state index contributed by atoms with van der Waals surface area (Å²) < 4.78 is 0. The molecule has 0 saturated carbocycles. The Hall–Kier alpha value is -14.8. The Balaban J connectivity index is 0.000000557. The third-order valence-electron chi connectivity index (χ3n) is 10.7. The molecule has 0 aliphatic heterocycles. The minimum Gasteiger partial charge on any atom is -0.0925 e. The van der Waals surface area contributed by atoms with Crippen molar-refractivity contribution in [2.45, 2.75) is 85.5 Å². The molecule has 0 heteroatoms. The van der Waals surface area contributed by atoms with E-state index in [1.165, 1.54) is 51.4 Å². The van der Waals surface area contributed by atoms with Gasteiger partial charge in [0, 0.05) is 237 Å². The van der Waals surface area contributed by atoms with Crippen LogP contribution < -0.4 is 0 Å². The average molecular weight is 1110 g/mol. The van der Waals surface area contributed by atoms with Crippen LogP contribution in [-0.4, -0.2) is 0 Å². The Morgan fingerprint density at radius 2 is 0.461 bits per heavy atom. The maximum absolute atomic E-state index is 2.63. The first kappa shape index (κ1) is 68.4. The van der Waals surface area contributed by atoms with Crippen LogP contribution in [0.15, 0.2) is 60.7 Å². The number of aryl methyl sites for hydroxylation is 4. The second kappa shape index (κ2) is 51.3. The van der Waals surface area contributed by atoms with Crippen LogP contribution in [0.5, 0.6) is 0 Å². The van der Waals surface area contributed by atoms with Crippen LogP contribution in [-0.2, 0) is 25.7 Å². The maximum Gasteiger partial charge on any atom is 0 e. The van der Waals surface area contributed by atoms with E-state index in [1.807, 2.05) is 0 Å². The zero-order valence-corrected chi connectivity index (χ0v) is 49.3. The number of allylic oxidation sites excluding steroid dienone is 6. The van der Waals surface area contributed by atoms with Gasteiger partial charge in [0.2, 0.25) is 0 Å². The van der Waals surface area contributed by atoms with Crippen molar-refractivity contribution in [1.82, 2.24) is 0 Å². The van der Waals surface area contributed by atoms with E-state index in [4.69, 9.17) is 0 Å². The van der Waals surface area contributed by atoms with Crippen molar-refractivity contribution in [3.63, 3.8) is 0 Å². The molecule has 0 saturated heterocycles. The first-order chi connectivity index (χ1) is 44.2. The molecule has 398 valence electrons. The zero-order valence-electron chi connectivity index (χ0n) is 49.3. The van der Waals surface area contributed by atoms with Crippen molar-refractivity contribution < 1.29 is 0 Å². The van der Waals surface area contributed by atoms with E-state index < -0.39 is 0 Å². The predicted octanol–water partition coefficient (Wildman–Crippen LogP) is 9.05. The van der Waals surface area contributed by atoms with Crippen LogP contribution in [0.1, 0.15) is 82.1 Å². The summed E-state index contributed by atoms with van der Waals surface area (Å²) in [5.41, 5.74) is 6.34. The van der Waals surface area contributed by atoms with Crippen molar-refractivity contribution in [3.05, 3.63) is 83.0 Å². The number of hydrogen-bond donors (Lipinski definition) is 0. The highest BCUT2D eigenvalue weighted by molar-refractivity contribution is 5.97. The highest BCUT2D eigenvalue weighted by Crippen LogP contribution is 2.38. The van der Waals surface area contributed by atoms with Gasteiger partial charge in [0.05, 0.1) is 0 Å². The largest absolute Gasteiger partial charge is 0.0925 e. The van der Waals surface area contributed by atoms with Gasteiger partial charge in [0.15, 0.2) is 0 Å². The molecule has 0 heterocycles. The SMILES string of the molecule is C1=CCC=C1.CC#CC#CC#CC#CC#CC#CC#CC#CC#CC#CC#CC#CC#CC#CC#CC#CC#CC#CC#CC#CC#CC#CC#CC#CC#CC#CC#CC#CC#CC.CCCCC1C=CC1CC.c1cc2c3c(ccc4c3c1CC4)CC2. The van der Waals surface area contributed by atoms with E-state index in [0.29, 0.717) is 0 Å². The van der Waals surface area contributed by atoms with E-state index in [1.54, 1.807) is 46.9 Å². The Morgan fingerprint density at radius 1 is 0.270 bits per heavy atom. The molecule has 0 radical (unpaired) electrons. The van der Waals surface area contributed by atoms with Gasteiger partial charge >= 0.3 is 0 Å². The van der Waals surface area contributed by atoms with Gasteiger partial charge in [-0.1, -0.05) is 99.3 Å². The molecule has 4 aliphatic rings. The Bertz CT molecular complexity index is 4860. The molecule has 0 N–H and O–H groups in total. The molecule has 0 spiro atoms. The molecule has 0 bridgehead atoms. The Morgan fingerprint density at radius 3 is 0.596 bits per heavy atom. The van der Waals surface area contributed by atoms with Crippen molar-refractivity contribution in [1.29, 1.82) is 0 Å². The summed E-state index contributed by atoms with van der Waals surface area (Å²) in [4.78, 5) is 0. The molecule has 0 aromatic heterocycles. The third-order valence-corrected chi connectivity index (χ3v) is 10.7. The second-order valence-corrected chi connectivity index (χ2v) is 16.4. The lowest BCUT2D eigenvalue weighted by Crippen LogP contribution is -2.17. The van der Waals surface area contributed by atoms with Crippen molar-refractivity contribution in [2.75, 3.05) is 0 Å². The Labute approximate surface area is 531 Å². The molecular weight excluding hydrogens is 1070 g/mol. The molecule has 2 atom stereocenters. The number of hydrogen-bond acceptors (Lipinski definition) is 0. The van der Waals surface area contributed by atoms with Crippen LogP contribution in [0.25, 0.3) is 10.8 Å². The normalized spacial score (nSPS) is 9.71. The molecule has 2 aromatic carbocycles. The summed E-state index contributed by atoms with van der Waals surface area (Å²) in [5, 5.41) is 3.22. The lowest BCUT2D eigenvalue weighted by atomic mass is 9.77. The molecule has 4 aliphatic carbocycles. The van der Waals surface area contributed by atoms with Gasteiger partial charge < -0.3 is 0 Å². The first-order valence-electron chi connectivity index (χ1n) is 27.1. The van der Waals surface area contributed by atoms with Crippen LogP contribution in [0.4, 0.5) is 0 Å². The van der Waals surface area contributed by atoms with E-state index in [9.17, 15) is 0 Å². The molecule has 0 nitrogen and oxygen atoms in total. The maximum atomic E-state index is 2.63. The minimum atomic E-state index is 0.923. The first-order valence-corrected chi connectivity index (χ1v) is 27.1. The van der Waals surface area contributed by atoms with Crippen LogP contribution >= 0.6 is 0 Å². The molecule has 0 fully saturated rings. The Kier molecular flexibility index (Phi) is 39.5. The summed E-state index contributed by atoms with van der Waals surface area (Å²) in [6.45, 7) is 7.92. The quantitative estimate of drug-likeness (QED) is 0.212.